The predicted molar refractivity (Wildman–Crippen MR) is 89.7 cm³/mol. The van der Waals surface area contributed by atoms with Crippen molar-refractivity contribution < 1.29 is 8.85 Å². The molecule has 0 saturated carbocycles. The van der Waals surface area contributed by atoms with Crippen molar-refractivity contribution in [1.82, 2.24) is 4.98 Å². The SMILES string of the molecule is CCO[Si](C)(CCCc1ccc2ccccc2n1)OCC. The third-order valence-corrected chi connectivity index (χ3v) is 6.68. The highest BCUT2D eigenvalue weighted by Gasteiger charge is 2.29. The molecule has 4 heteroatoms. The van der Waals surface area contributed by atoms with E-state index in [0.717, 1.165) is 43.3 Å². The van der Waals surface area contributed by atoms with Gasteiger partial charge in [-0.3, -0.25) is 4.98 Å². The highest BCUT2D eigenvalue weighted by Crippen LogP contribution is 2.19. The molecule has 0 aliphatic rings. The molecule has 2 aromatic rings. The number of para-hydroxylation sites is 1. The molecule has 114 valence electrons. The van der Waals surface area contributed by atoms with Crippen molar-refractivity contribution in [3.05, 3.63) is 42.1 Å². The summed E-state index contributed by atoms with van der Waals surface area (Å²) in [6, 6.07) is 13.5. The zero-order valence-corrected chi connectivity index (χ0v) is 14.3. The summed E-state index contributed by atoms with van der Waals surface area (Å²) >= 11 is 0. The van der Waals surface area contributed by atoms with Crippen LogP contribution in [0.25, 0.3) is 10.9 Å². The topological polar surface area (TPSA) is 31.4 Å². The van der Waals surface area contributed by atoms with Crippen molar-refractivity contribution in [1.29, 1.82) is 0 Å². The Labute approximate surface area is 128 Å². The van der Waals surface area contributed by atoms with E-state index in [2.05, 4.69) is 30.8 Å². The molecule has 1 heterocycles. The Bertz CT molecular complexity index is 567. The maximum atomic E-state index is 5.87. The Morgan fingerprint density at radius 2 is 1.71 bits per heavy atom. The van der Waals surface area contributed by atoms with Crippen LogP contribution in [0.2, 0.25) is 12.6 Å². The minimum absolute atomic E-state index is 0.733. The molecule has 0 amide bonds. The van der Waals surface area contributed by atoms with Gasteiger partial charge < -0.3 is 8.85 Å². The lowest BCUT2D eigenvalue weighted by Crippen LogP contribution is -2.38. The molecule has 0 aliphatic heterocycles. The number of rotatable bonds is 8. The fourth-order valence-electron chi connectivity index (χ4n) is 2.63. The fraction of sp³-hybridized carbons (Fsp3) is 0.471. The first-order chi connectivity index (χ1) is 10.2. The van der Waals surface area contributed by atoms with E-state index in [1.165, 1.54) is 5.39 Å². The van der Waals surface area contributed by atoms with E-state index in [1.54, 1.807) is 0 Å². The van der Waals surface area contributed by atoms with Crippen LogP contribution in [0.3, 0.4) is 0 Å². The first-order valence-electron chi connectivity index (χ1n) is 7.79. The Morgan fingerprint density at radius 1 is 1.00 bits per heavy atom. The summed E-state index contributed by atoms with van der Waals surface area (Å²) in [5.41, 5.74) is 2.22. The number of aromatic nitrogens is 1. The number of benzene rings is 1. The molecule has 0 spiro atoms. The van der Waals surface area contributed by atoms with Crippen molar-refractivity contribution in [3.8, 4) is 0 Å². The largest absolute Gasteiger partial charge is 0.395 e. The number of pyridine rings is 1. The summed E-state index contributed by atoms with van der Waals surface area (Å²) in [6.45, 7) is 7.70. The third-order valence-electron chi connectivity index (χ3n) is 3.62. The summed E-state index contributed by atoms with van der Waals surface area (Å²) in [7, 11) is -1.98. The van der Waals surface area contributed by atoms with E-state index in [9.17, 15) is 0 Å². The highest BCUT2D eigenvalue weighted by atomic mass is 28.4. The second-order valence-corrected chi connectivity index (χ2v) is 8.69. The molecule has 0 atom stereocenters. The molecule has 0 bridgehead atoms. The van der Waals surface area contributed by atoms with Crippen LogP contribution in [-0.2, 0) is 15.3 Å². The van der Waals surface area contributed by atoms with Crippen LogP contribution < -0.4 is 0 Å². The lowest BCUT2D eigenvalue weighted by Gasteiger charge is -2.25. The molecule has 0 aliphatic carbocycles. The van der Waals surface area contributed by atoms with Crippen LogP contribution in [0.1, 0.15) is 26.0 Å². The quantitative estimate of drug-likeness (QED) is 0.681. The van der Waals surface area contributed by atoms with E-state index in [4.69, 9.17) is 13.8 Å². The Balaban J connectivity index is 1.94. The van der Waals surface area contributed by atoms with Crippen molar-refractivity contribution in [2.45, 2.75) is 39.3 Å². The lowest BCUT2D eigenvalue weighted by molar-refractivity contribution is 0.188. The van der Waals surface area contributed by atoms with Gasteiger partial charge in [0.25, 0.3) is 0 Å². The van der Waals surface area contributed by atoms with Crippen LogP contribution in [0.5, 0.6) is 0 Å². The Hall–Kier alpha value is -1.23. The van der Waals surface area contributed by atoms with Gasteiger partial charge in [-0.2, -0.15) is 0 Å². The van der Waals surface area contributed by atoms with Crippen LogP contribution in [0.15, 0.2) is 36.4 Å². The third kappa shape index (κ3) is 4.63. The molecule has 2 rings (SSSR count). The number of hydrogen-bond donors (Lipinski definition) is 0. The first kappa shape index (κ1) is 16.1. The van der Waals surface area contributed by atoms with Crippen molar-refractivity contribution >= 4 is 19.5 Å². The van der Waals surface area contributed by atoms with E-state index in [-0.39, 0.29) is 0 Å². The number of hydrogen-bond acceptors (Lipinski definition) is 3. The minimum Gasteiger partial charge on any atom is -0.395 e. The van der Waals surface area contributed by atoms with Gasteiger partial charge in [0.05, 0.1) is 5.52 Å². The van der Waals surface area contributed by atoms with E-state index in [0.29, 0.717) is 0 Å². The number of fused-ring (bicyclic) bond motifs is 1. The van der Waals surface area contributed by atoms with Gasteiger partial charge in [0.15, 0.2) is 0 Å². The summed E-state index contributed by atoms with van der Waals surface area (Å²) in [5, 5.41) is 1.20. The van der Waals surface area contributed by atoms with Crippen LogP contribution in [0.4, 0.5) is 0 Å². The van der Waals surface area contributed by atoms with E-state index >= 15 is 0 Å². The maximum Gasteiger partial charge on any atom is 0.334 e. The molecule has 21 heavy (non-hydrogen) atoms. The smallest absolute Gasteiger partial charge is 0.334 e. The van der Waals surface area contributed by atoms with Crippen molar-refractivity contribution in [2.75, 3.05) is 13.2 Å². The van der Waals surface area contributed by atoms with Gasteiger partial charge in [-0.25, -0.2) is 0 Å². The summed E-state index contributed by atoms with van der Waals surface area (Å²) in [4.78, 5) is 4.72. The van der Waals surface area contributed by atoms with Crippen LogP contribution in [0, 0.1) is 0 Å². The second kappa shape index (κ2) is 7.68. The normalized spacial score (nSPS) is 12.0. The van der Waals surface area contributed by atoms with Gasteiger partial charge in [0.2, 0.25) is 0 Å². The van der Waals surface area contributed by atoms with Gasteiger partial charge in [-0.05, 0) is 51.4 Å². The molecule has 1 aromatic heterocycles. The summed E-state index contributed by atoms with van der Waals surface area (Å²) in [5.74, 6) is 0. The number of nitrogens with zero attached hydrogens (tertiary/aromatic N) is 1. The van der Waals surface area contributed by atoms with E-state index in [1.807, 2.05) is 26.0 Å². The molecular formula is C17H25NO2Si. The average molecular weight is 303 g/mol. The van der Waals surface area contributed by atoms with Crippen LogP contribution in [-0.4, -0.2) is 26.8 Å². The Morgan fingerprint density at radius 3 is 2.43 bits per heavy atom. The maximum absolute atomic E-state index is 5.87. The predicted octanol–water partition coefficient (Wildman–Crippen LogP) is 4.31. The minimum atomic E-state index is -1.98. The average Bonchev–Trinajstić information content (AvgIpc) is 2.47. The molecule has 0 saturated heterocycles. The van der Waals surface area contributed by atoms with E-state index < -0.39 is 8.56 Å². The zero-order chi connectivity index (χ0) is 15.1. The molecule has 0 N–H and O–H groups in total. The van der Waals surface area contributed by atoms with Gasteiger partial charge in [0.1, 0.15) is 0 Å². The zero-order valence-electron chi connectivity index (χ0n) is 13.3. The first-order valence-corrected chi connectivity index (χ1v) is 10.3. The Kier molecular flexibility index (Phi) is 5.91. The van der Waals surface area contributed by atoms with Crippen molar-refractivity contribution in [2.24, 2.45) is 0 Å². The molecule has 0 radical (unpaired) electrons. The molecule has 0 fully saturated rings. The monoisotopic (exact) mass is 303 g/mol. The van der Waals surface area contributed by atoms with Gasteiger partial charge in [-0.15, -0.1) is 0 Å². The lowest BCUT2D eigenvalue weighted by atomic mass is 10.1. The molecule has 0 unspecified atom stereocenters. The second-order valence-electron chi connectivity index (χ2n) is 5.35. The standard InChI is InChI=1S/C17H25NO2Si/c1-4-19-21(3,20-5-2)14-8-10-16-13-12-15-9-6-7-11-17(15)18-16/h6-7,9,11-13H,4-5,8,10,14H2,1-3H3. The highest BCUT2D eigenvalue weighted by molar-refractivity contribution is 6.66. The molecular weight excluding hydrogens is 278 g/mol. The number of aryl methyl sites for hydroxylation is 1. The summed E-state index contributed by atoms with van der Waals surface area (Å²) in [6.07, 6.45) is 2.04. The van der Waals surface area contributed by atoms with Gasteiger partial charge >= 0.3 is 8.56 Å². The van der Waals surface area contributed by atoms with Gasteiger partial charge in [0, 0.05) is 24.3 Å². The molecule has 1 aromatic carbocycles. The molecule has 3 nitrogen and oxygen atoms in total. The van der Waals surface area contributed by atoms with Gasteiger partial charge in [-0.1, -0.05) is 24.3 Å². The fourth-order valence-corrected chi connectivity index (χ4v) is 5.05. The van der Waals surface area contributed by atoms with Crippen LogP contribution >= 0.6 is 0 Å². The van der Waals surface area contributed by atoms with Crippen molar-refractivity contribution in [3.63, 3.8) is 0 Å². The summed E-state index contributed by atoms with van der Waals surface area (Å²) < 4.78 is 11.7.